The summed E-state index contributed by atoms with van der Waals surface area (Å²) in [6.45, 7) is 0.102. The molecule has 1 aliphatic heterocycles. The van der Waals surface area contributed by atoms with Crippen molar-refractivity contribution in [3.05, 3.63) is 124 Å². The third kappa shape index (κ3) is 7.13. The Labute approximate surface area is 267 Å². The van der Waals surface area contributed by atoms with Gasteiger partial charge in [-0.05, 0) is 59.0 Å². The average Bonchev–Trinajstić information content (AvgIpc) is 3.84. The van der Waals surface area contributed by atoms with Gasteiger partial charge in [-0.15, -0.1) is 21.5 Å². The first-order chi connectivity index (χ1) is 22.0. The van der Waals surface area contributed by atoms with Gasteiger partial charge in [-0.3, -0.25) is 14.2 Å². The smallest absolute Gasteiger partial charge is 0.253 e. The predicted molar refractivity (Wildman–Crippen MR) is 172 cm³/mol. The molecule has 3 aromatic carbocycles. The molecule has 0 spiro atoms. The van der Waals surface area contributed by atoms with Gasteiger partial charge < -0.3 is 10.1 Å². The maximum atomic E-state index is 13.8. The Morgan fingerprint density at radius 1 is 1.00 bits per heavy atom. The summed E-state index contributed by atoms with van der Waals surface area (Å²) in [5, 5.41) is 20.3. The third-order valence-corrected chi connectivity index (χ3v) is 9.07. The molecular weight excluding hydrogens is 612 g/mol. The number of carbonyl (C=O) groups is 2. The van der Waals surface area contributed by atoms with Crippen LogP contribution in [0, 0.1) is 5.82 Å². The third-order valence-electron chi connectivity index (χ3n) is 7.23. The molecule has 9 nitrogen and oxygen atoms in total. The molecule has 1 aliphatic rings. The van der Waals surface area contributed by atoms with Gasteiger partial charge in [0.25, 0.3) is 5.91 Å². The van der Waals surface area contributed by atoms with Crippen molar-refractivity contribution in [2.24, 2.45) is 5.10 Å². The Kier molecular flexibility index (Phi) is 9.32. The van der Waals surface area contributed by atoms with Crippen molar-refractivity contribution < 1.29 is 18.7 Å². The molecular formula is C33H29FN6O3S2. The first-order valence-electron chi connectivity index (χ1n) is 14.2. The number of nitrogens with one attached hydrogen (secondary N) is 1. The highest BCUT2D eigenvalue weighted by Gasteiger charge is 2.33. The summed E-state index contributed by atoms with van der Waals surface area (Å²) < 4.78 is 20.8. The van der Waals surface area contributed by atoms with Crippen LogP contribution in [0.15, 0.2) is 107 Å². The molecule has 0 unspecified atom stereocenters. The number of nitrogens with zero attached hydrogens (tertiary/aromatic N) is 5. The molecule has 0 fully saturated rings. The van der Waals surface area contributed by atoms with E-state index in [1.165, 1.54) is 23.9 Å². The number of hydrazone groups is 1. The number of benzene rings is 3. The topological polar surface area (TPSA) is 102 Å². The van der Waals surface area contributed by atoms with Gasteiger partial charge in [-0.25, -0.2) is 9.40 Å². The lowest BCUT2D eigenvalue weighted by molar-refractivity contribution is -0.130. The zero-order valence-corrected chi connectivity index (χ0v) is 25.9. The molecule has 12 heteroatoms. The minimum absolute atomic E-state index is 0.0353. The summed E-state index contributed by atoms with van der Waals surface area (Å²) in [6, 6.07) is 26.7. The Hall–Kier alpha value is -4.81. The summed E-state index contributed by atoms with van der Waals surface area (Å²) in [6.07, 6.45) is 0.808. The van der Waals surface area contributed by atoms with E-state index in [1.807, 2.05) is 72.1 Å². The monoisotopic (exact) mass is 640 g/mol. The van der Waals surface area contributed by atoms with Crippen LogP contribution in [0.25, 0.3) is 5.69 Å². The van der Waals surface area contributed by atoms with Gasteiger partial charge in [0.15, 0.2) is 11.0 Å². The lowest BCUT2D eigenvalue weighted by Gasteiger charge is -2.22. The highest BCUT2D eigenvalue weighted by atomic mass is 32.2. The van der Waals surface area contributed by atoms with Crippen molar-refractivity contribution in [2.75, 3.05) is 12.9 Å². The summed E-state index contributed by atoms with van der Waals surface area (Å²) in [5.41, 5.74) is 3.31. The Balaban J connectivity index is 1.21. The summed E-state index contributed by atoms with van der Waals surface area (Å²) in [7, 11) is 1.62. The summed E-state index contributed by atoms with van der Waals surface area (Å²) in [5.74, 6) is 0.473. The largest absolute Gasteiger partial charge is 0.497 e. The molecule has 228 valence electrons. The number of ether oxygens (including phenoxy) is 1. The number of carbonyl (C=O) groups excluding carboxylic acids is 2. The zero-order chi connectivity index (χ0) is 31.2. The number of hydrogen-bond donors (Lipinski definition) is 1. The number of methoxy groups -OCH3 is 1. The second kappa shape index (κ2) is 13.9. The number of halogens is 1. The fourth-order valence-electron chi connectivity index (χ4n) is 4.99. The van der Waals surface area contributed by atoms with Gasteiger partial charge in [0, 0.05) is 12.1 Å². The van der Waals surface area contributed by atoms with Crippen LogP contribution in [0.1, 0.15) is 34.3 Å². The van der Waals surface area contributed by atoms with Crippen molar-refractivity contribution in [1.29, 1.82) is 0 Å². The van der Waals surface area contributed by atoms with Gasteiger partial charge >= 0.3 is 0 Å². The number of rotatable bonds is 11. The molecule has 1 N–H and O–H groups in total. The minimum atomic E-state index is -0.382. The molecule has 2 aromatic heterocycles. The van der Waals surface area contributed by atoms with Crippen molar-refractivity contribution in [2.45, 2.75) is 30.6 Å². The number of thioether (sulfide) groups is 1. The molecule has 0 radical (unpaired) electrons. The Morgan fingerprint density at radius 3 is 2.49 bits per heavy atom. The normalized spacial score (nSPS) is 14.3. The number of aromatic nitrogens is 3. The van der Waals surface area contributed by atoms with Gasteiger partial charge in [0.2, 0.25) is 5.91 Å². The molecule has 6 rings (SSSR count). The lowest BCUT2D eigenvalue weighted by Crippen LogP contribution is -2.28. The molecule has 0 aliphatic carbocycles. The number of amides is 2. The first-order valence-corrected chi connectivity index (χ1v) is 16.1. The number of hydrogen-bond acceptors (Lipinski definition) is 8. The highest BCUT2D eigenvalue weighted by molar-refractivity contribution is 7.99. The van der Waals surface area contributed by atoms with Crippen LogP contribution >= 0.6 is 23.1 Å². The van der Waals surface area contributed by atoms with Gasteiger partial charge in [0.05, 0.1) is 42.5 Å². The van der Waals surface area contributed by atoms with Gasteiger partial charge in [0.1, 0.15) is 11.6 Å². The van der Waals surface area contributed by atoms with Crippen LogP contribution in [0.4, 0.5) is 4.39 Å². The van der Waals surface area contributed by atoms with Crippen molar-refractivity contribution >= 4 is 40.6 Å². The van der Waals surface area contributed by atoms with E-state index in [9.17, 15) is 14.0 Å². The lowest BCUT2D eigenvalue weighted by atomic mass is 10.0. The maximum Gasteiger partial charge on any atom is 0.253 e. The van der Waals surface area contributed by atoms with Crippen molar-refractivity contribution in [3.63, 3.8) is 0 Å². The SMILES string of the molecule is COc1ccc([C@@H]2CC(c3cccs3)=NN2C(=O)CSc2nnc(CNC(=O)Cc3ccccc3)n2-c2ccc(F)cc2)cc1. The van der Waals surface area contributed by atoms with E-state index in [2.05, 4.69) is 15.5 Å². The van der Waals surface area contributed by atoms with Gasteiger partial charge in [-0.1, -0.05) is 60.3 Å². The van der Waals surface area contributed by atoms with E-state index in [1.54, 1.807) is 40.2 Å². The van der Waals surface area contributed by atoms with Crippen LogP contribution < -0.4 is 10.1 Å². The Bertz CT molecular complexity index is 1790. The van der Waals surface area contributed by atoms with E-state index >= 15 is 0 Å². The average molecular weight is 641 g/mol. The second-order valence-corrected chi connectivity index (χ2v) is 12.1. The zero-order valence-electron chi connectivity index (χ0n) is 24.3. The molecule has 5 aromatic rings. The summed E-state index contributed by atoms with van der Waals surface area (Å²) in [4.78, 5) is 27.4. The van der Waals surface area contributed by atoms with Crippen molar-refractivity contribution in [3.8, 4) is 11.4 Å². The molecule has 2 amide bonds. The molecule has 3 heterocycles. The fraction of sp³-hybridized carbons (Fsp3) is 0.182. The second-order valence-electron chi connectivity index (χ2n) is 10.2. The molecule has 0 saturated heterocycles. The minimum Gasteiger partial charge on any atom is -0.497 e. The van der Waals surface area contributed by atoms with Crippen LogP contribution in [0.5, 0.6) is 5.75 Å². The Morgan fingerprint density at radius 2 is 1.78 bits per heavy atom. The van der Waals surface area contributed by atoms with E-state index in [0.29, 0.717) is 23.1 Å². The van der Waals surface area contributed by atoms with E-state index in [-0.39, 0.29) is 42.4 Å². The van der Waals surface area contributed by atoms with E-state index in [4.69, 9.17) is 9.84 Å². The van der Waals surface area contributed by atoms with Crippen LogP contribution in [0.3, 0.4) is 0 Å². The van der Waals surface area contributed by atoms with Crippen LogP contribution in [-0.4, -0.2) is 50.2 Å². The molecule has 1 atom stereocenters. The molecule has 45 heavy (non-hydrogen) atoms. The van der Waals surface area contributed by atoms with Crippen LogP contribution in [0.2, 0.25) is 0 Å². The highest BCUT2D eigenvalue weighted by Crippen LogP contribution is 2.35. The summed E-state index contributed by atoms with van der Waals surface area (Å²) >= 11 is 2.79. The van der Waals surface area contributed by atoms with Crippen LogP contribution in [-0.2, 0) is 22.6 Å². The number of thiophene rings is 1. The first kappa shape index (κ1) is 30.2. The molecule has 0 bridgehead atoms. The quantitative estimate of drug-likeness (QED) is 0.183. The maximum absolute atomic E-state index is 13.8. The van der Waals surface area contributed by atoms with Crippen molar-refractivity contribution in [1.82, 2.24) is 25.1 Å². The fourth-order valence-corrected chi connectivity index (χ4v) is 6.53. The van der Waals surface area contributed by atoms with E-state index in [0.717, 1.165) is 27.5 Å². The standard InChI is InChI=1S/C33H29FN6O3S2/c1-43-26-15-9-23(10-16-26)28-19-27(29-8-5-17-44-29)38-40(28)32(42)21-45-33-37-36-30(39(33)25-13-11-24(34)12-14-25)20-35-31(41)18-22-6-3-2-4-7-22/h2-17,28H,18-21H2,1H3,(H,35,41)/t28-/m0/s1. The molecule has 0 saturated carbocycles. The van der Waals surface area contributed by atoms with Gasteiger partial charge in [-0.2, -0.15) is 5.10 Å². The van der Waals surface area contributed by atoms with E-state index < -0.39 is 0 Å². The predicted octanol–water partition coefficient (Wildman–Crippen LogP) is 5.81.